The summed E-state index contributed by atoms with van der Waals surface area (Å²) in [6.07, 6.45) is -8.58. The van der Waals surface area contributed by atoms with Gasteiger partial charge in [-0.2, -0.15) is 13.2 Å². The number of esters is 1. The van der Waals surface area contributed by atoms with E-state index in [1.54, 1.807) is 0 Å². The van der Waals surface area contributed by atoms with E-state index in [0.29, 0.717) is 0 Å². The van der Waals surface area contributed by atoms with Gasteiger partial charge in [0.05, 0.1) is 12.2 Å². The normalized spacial score (nSPS) is 11.8. The molecule has 0 aliphatic rings. The third-order valence-electron chi connectivity index (χ3n) is 2.04. The fourth-order valence-electron chi connectivity index (χ4n) is 1.27. The lowest BCUT2D eigenvalue weighted by Crippen LogP contribution is -2.19. The molecule has 1 aromatic heterocycles. The second kappa shape index (κ2) is 5.45. The van der Waals surface area contributed by atoms with Gasteiger partial charge in [0.2, 0.25) is 0 Å². The topological polar surface area (TPSA) is 39.2 Å². The first-order chi connectivity index (χ1) is 8.70. The van der Waals surface area contributed by atoms with Gasteiger partial charge < -0.3 is 4.74 Å². The van der Waals surface area contributed by atoms with Crippen molar-refractivity contribution < 1.29 is 35.9 Å². The van der Waals surface area contributed by atoms with Crippen LogP contribution in [-0.4, -0.2) is 17.6 Å². The maximum atomic E-state index is 13.5. The minimum absolute atomic E-state index is 0.0170. The van der Waals surface area contributed by atoms with E-state index in [9.17, 15) is 31.1 Å². The van der Waals surface area contributed by atoms with E-state index in [1.165, 1.54) is 6.92 Å². The molecular weight excluding hydrogens is 280 g/mol. The van der Waals surface area contributed by atoms with Crippen LogP contribution < -0.4 is 0 Å². The summed E-state index contributed by atoms with van der Waals surface area (Å²) in [7, 11) is 0. The zero-order valence-corrected chi connectivity index (χ0v) is 9.39. The van der Waals surface area contributed by atoms with Crippen LogP contribution in [0.2, 0.25) is 0 Å². The highest BCUT2D eigenvalue weighted by Gasteiger charge is 2.40. The molecule has 0 aliphatic carbocycles. The fourth-order valence-corrected chi connectivity index (χ4v) is 1.27. The van der Waals surface area contributed by atoms with Crippen LogP contribution >= 0.6 is 0 Å². The van der Waals surface area contributed by atoms with Crippen molar-refractivity contribution in [1.29, 1.82) is 0 Å². The fraction of sp³-hybridized carbons (Fsp3) is 0.400. The maximum Gasteiger partial charge on any atom is 0.418 e. The molecule has 0 atom stereocenters. The Hall–Kier alpha value is -1.80. The molecule has 19 heavy (non-hydrogen) atoms. The van der Waals surface area contributed by atoms with Crippen LogP contribution in [0.3, 0.4) is 0 Å². The quantitative estimate of drug-likeness (QED) is 0.632. The Morgan fingerprint density at radius 2 is 2.00 bits per heavy atom. The number of carbonyl (C=O) groups excluding carboxylic acids is 1. The predicted molar refractivity (Wildman–Crippen MR) is 50.1 cm³/mol. The second-order valence-corrected chi connectivity index (χ2v) is 3.27. The van der Waals surface area contributed by atoms with Gasteiger partial charge in [0.15, 0.2) is 5.82 Å². The molecule has 106 valence electrons. The van der Waals surface area contributed by atoms with Crippen LogP contribution in [-0.2, 0) is 10.9 Å². The molecule has 0 amide bonds. The van der Waals surface area contributed by atoms with Crippen LogP contribution in [0.15, 0.2) is 6.20 Å². The third-order valence-corrected chi connectivity index (χ3v) is 2.04. The SMILES string of the molecule is CCOC(=O)c1c(C(F)(F)F)cnc(C(F)F)c1F. The molecule has 0 fully saturated rings. The minimum atomic E-state index is -5.11. The first kappa shape index (κ1) is 15.3. The number of hydrogen-bond donors (Lipinski definition) is 0. The highest BCUT2D eigenvalue weighted by molar-refractivity contribution is 5.91. The van der Waals surface area contributed by atoms with Crippen molar-refractivity contribution in [3.8, 4) is 0 Å². The van der Waals surface area contributed by atoms with Crippen molar-refractivity contribution in [1.82, 2.24) is 4.98 Å². The molecule has 0 aromatic carbocycles. The second-order valence-electron chi connectivity index (χ2n) is 3.27. The monoisotopic (exact) mass is 287 g/mol. The number of hydrogen-bond acceptors (Lipinski definition) is 3. The standard InChI is InChI=1S/C10H7F6NO2/c1-2-19-9(18)5-4(10(14,15)16)3-17-7(6(5)11)8(12)13/h3,8H,2H2,1H3. The zero-order valence-electron chi connectivity index (χ0n) is 9.39. The number of halogens is 6. The molecule has 0 aliphatic heterocycles. The lowest BCUT2D eigenvalue weighted by atomic mass is 10.1. The van der Waals surface area contributed by atoms with E-state index in [2.05, 4.69) is 9.72 Å². The largest absolute Gasteiger partial charge is 0.462 e. The molecule has 0 radical (unpaired) electrons. The highest BCUT2D eigenvalue weighted by atomic mass is 19.4. The van der Waals surface area contributed by atoms with Crippen molar-refractivity contribution in [2.45, 2.75) is 19.5 Å². The Bertz CT molecular complexity index is 486. The van der Waals surface area contributed by atoms with Gasteiger partial charge in [0.25, 0.3) is 6.43 Å². The Labute approximate surface area is 103 Å². The average Bonchev–Trinajstić information content (AvgIpc) is 2.26. The molecule has 0 saturated carbocycles. The molecule has 0 N–H and O–H groups in total. The Morgan fingerprint density at radius 1 is 1.42 bits per heavy atom. The molecule has 0 spiro atoms. The summed E-state index contributed by atoms with van der Waals surface area (Å²) in [6.45, 7) is 0.945. The third kappa shape index (κ3) is 3.15. The van der Waals surface area contributed by atoms with Gasteiger partial charge in [-0.1, -0.05) is 0 Å². The number of rotatable bonds is 3. The number of pyridine rings is 1. The zero-order chi connectivity index (χ0) is 14.8. The number of alkyl halides is 5. The van der Waals surface area contributed by atoms with Gasteiger partial charge in [-0.25, -0.2) is 18.0 Å². The highest BCUT2D eigenvalue weighted by Crippen LogP contribution is 2.35. The van der Waals surface area contributed by atoms with Crippen LogP contribution in [0.1, 0.15) is 35.0 Å². The molecule has 3 nitrogen and oxygen atoms in total. The Kier molecular flexibility index (Phi) is 4.38. The summed E-state index contributed by atoms with van der Waals surface area (Å²) in [6, 6.07) is 0. The summed E-state index contributed by atoms with van der Waals surface area (Å²) >= 11 is 0. The van der Waals surface area contributed by atoms with Crippen LogP contribution in [0, 0.1) is 5.82 Å². The van der Waals surface area contributed by atoms with Gasteiger partial charge in [-0.3, -0.25) is 4.98 Å². The van der Waals surface area contributed by atoms with E-state index >= 15 is 0 Å². The van der Waals surface area contributed by atoms with Crippen LogP contribution in [0.25, 0.3) is 0 Å². The van der Waals surface area contributed by atoms with Gasteiger partial charge >= 0.3 is 12.1 Å². The molecule has 0 unspecified atom stereocenters. The molecule has 1 rings (SSSR count). The summed E-state index contributed by atoms with van der Waals surface area (Å²) in [5.41, 5.74) is -4.87. The molecule has 1 aromatic rings. The predicted octanol–water partition coefficient (Wildman–Crippen LogP) is 3.35. The van der Waals surface area contributed by atoms with E-state index < -0.39 is 41.2 Å². The smallest absolute Gasteiger partial charge is 0.418 e. The first-order valence-corrected chi connectivity index (χ1v) is 4.91. The van der Waals surface area contributed by atoms with Crippen molar-refractivity contribution in [2.24, 2.45) is 0 Å². The van der Waals surface area contributed by atoms with Gasteiger partial charge in [-0.05, 0) is 6.92 Å². The number of carbonyl (C=O) groups is 1. The van der Waals surface area contributed by atoms with Crippen LogP contribution in [0.5, 0.6) is 0 Å². The average molecular weight is 287 g/mol. The van der Waals surface area contributed by atoms with Gasteiger partial charge in [-0.15, -0.1) is 0 Å². The van der Waals surface area contributed by atoms with Gasteiger partial charge in [0, 0.05) is 6.20 Å². The summed E-state index contributed by atoms with van der Waals surface area (Å²) in [5, 5.41) is 0. The number of nitrogens with zero attached hydrogens (tertiary/aromatic N) is 1. The summed E-state index contributed by atoms with van der Waals surface area (Å²) < 4.78 is 80.2. The van der Waals surface area contributed by atoms with Crippen molar-refractivity contribution in [2.75, 3.05) is 6.61 Å². The van der Waals surface area contributed by atoms with Crippen molar-refractivity contribution >= 4 is 5.97 Å². The van der Waals surface area contributed by atoms with Gasteiger partial charge in [0.1, 0.15) is 11.3 Å². The molecule has 0 bridgehead atoms. The van der Waals surface area contributed by atoms with Crippen molar-refractivity contribution in [3.63, 3.8) is 0 Å². The molecule has 0 saturated heterocycles. The molecule has 1 heterocycles. The number of ether oxygens (including phenoxy) is 1. The van der Waals surface area contributed by atoms with E-state index in [1.807, 2.05) is 0 Å². The summed E-state index contributed by atoms with van der Waals surface area (Å²) in [4.78, 5) is 14.0. The minimum Gasteiger partial charge on any atom is -0.462 e. The molecule has 9 heteroatoms. The Balaban J connectivity index is 3.51. The number of aromatic nitrogens is 1. The summed E-state index contributed by atoms with van der Waals surface area (Å²) in [5.74, 6) is -3.69. The van der Waals surface area contributed by atoms with Crippen LogP contribution in [0.4, 0.5) is 26.3 Å². The van der Waals surface area contributed by atoms with E-state index in [4.69, 9.17) is 0 Å². The van der Waals surface area contributed by atoms with E-state index in [0.717, 1.165) is 0 Å². The molecular formula is C10H7F6NO2. The maximum absolute atomic E-state index is 13.5. The van der Waals surface area contributed by atoms with Crippen molar-refractivity contribution in [3.05, 3.63) is 28.8 Å². The van der Waals surface area contributed by atoms with E-state index in [-0.39, 0.29) is 12.8 Å². The lowest BCUT2D eigenvalue weighted by Gasteiger charge is -2.14. The lowest BCUT2D eigenvalue weighted by molar-refractivity contribution is -0.138. The first-order valence-electron chi connectivity index (χ1n) is 4.91. The Morgan fingerprint density at radius 3 is 2.42 bits per heavy atom.